The van der Waals surface area contributed by atoms with Crippen molar-refractivity contribution in [3.63, 3.8) is 0 Å². The van der Waals surface area contributed by atoms with Crippen LogP contribution < -0.4 is 10.6 Å². The average Bonchev–Trinajstić information content (AvgIpc) is 3.35. The summed E-state index contributed by atoms with van der Waals surface area (Å²) in [6.07, 6.45) is 2.98. The minimum Gasteiger partial charge on any atom is -0.391 e. The SMILES string of the molecule is Cc1ncsc1C1CCC(CNC(=O)[C@@H]2C[C@@H](O)CN2C(=O)[C@@H](NC(C)O)C(C)(C)C)CC1. The lowest BCUT2D eigenvalue weighted by molar-refractivity contribution is -0.143. The largest absolute Gasteiger partial charge is 0.391 e. The zero-order valence-electron chi connectivity index (χ0n) is 20.5. The van der Waals surface area contributed by atoms with Gasteiger partial charge < -0.3 is 20.4 Å². The molecular weight excluding hydrogens is 440 g/mol. The first kappa shape index (κ1) is 26.1. The second-order valence-electron chi connectivity index (χ2n) is 10.8. The van der Waals surface area contributed by atoms with Gasteiger partial charge in [-0.05, 0) is 56.8 Å². The van der Waals surface area contributed by atoms with Crippen molar-refractivity contribution in [2.45, 2.75) is 97.1 Å². The molecule has 0 aromatic carbocycles. The van der Waals surface area contributed by atoms with E-state index < -0.39 is 29.8 Å². The van der Waals surface area contributed by atoms with E-state index in [2.05, 4.69) is 22.5 Å². The summed E-state index contributed by atoms with van der Waals surface area (Å²) < 4.78 is 0. The maximum absolute atomic E-state index is 13.3. The molecule has 2 amide bonds. The normalized spacial score (nSPS) is 27.9. The van der Waals surface area contributed by atoms with Gasteiger partial charge in [0, 0.05) is 24.4 Å². The van der Waals surface area contributed by atoms with Crippen LogP contribution in [0.25, 0.3) is 0 Å². The lowest BCUT2D eigenvalue weighted by Crippen LogP contribution is -2.58. The highest BCUT2D eigenvalue weighted by atomic mass is 32.1. The number of carbonyl (C=O) groups excluding carboxylic acids is 2. The number of nitrogens with one attached hydrogen (secondary N) is 2. The standard InChI is InChI=1S/C24H40N4O4S/c1-14-20(33-13-26-14)17-8-6-16(7-9-17)11-25-22(31)19-10-18(30)12-28(19)23(32)21(24(3,4)5)27-15(2)29/h13,15-19,21,27,29-30H,6-12H2,1-5H3,(H,25,31)/t15?,16?,17?,18-,19+,21-/m1/s1. The number of aromatic nitrogens is 1. The monoisotopic (exact) mass is 480 g/mol. The highest BCUT2D eigenvalue weighted by Crippen LogP contribution is 2.38. The molecule has 9 heteroatoms. The lowest BCUT2D eigenvalue weighted by Gasteiger charge is -2.36. The molecule has 2 heterocycles. The van der Waals surface area contributed by atoms with Crippen LogP contribution in [0.15, 0.2) is 5.51 Å². The van der Waals surface area contributed by atoms with E-state index in [4.69, 9.17) is 0 Å². The summed E-state index contributed by atoms with van der Waals surface area (Å²) in [7, 11) is 0. The number of thiazole rings is 1. The fourth-order valence-electron chi connectivity index (χ4n) is 5.10. The molecule has 1 aliphatic heterocycles. The quantitative estimate of drug-likeness (QED) is 0.445. The Balaban J connectivity index is 1.56. The molecule has 0 spiro atoms. The van der Waals surface area contributed by atoms with Gasteiger partial charge in [0.05, 0.1) is 23.4 Å². The molecule has 1 saturated carbocycles. The van der Waals surface area contributed by atoms with Crippen LogP contribution >= 0.6 is 11.3 Å². The van der Waals surface area contributed by atoms with Crippen LogP contribution in [-0.4, -0.2) is 69.4 Å². The average molecular weight is 481 g/mol. The van der Waals surface area contributed by atoms with Crippen molar-refractivity contribution in [2.75, 3.05) is 13.1 Å². The van der Waals surface area contributed by atoms with Gasteiger partial charge in [0.25, 0.3) is 0 Å². The molecule has 0 radical (unpaired) electrons. The third-order valence-electron chi connectivity index (χ3n) is 6.95. The molecule has 1 saturated heterocycles. The zero-order chi connectivity index (χ0) is 24.3. The second-order valence-corrected chi connectivity index (χ2v) is 11.7. The van der Waals surface area contributed by atoms with E-state index in [1.807, 2.05) is 26.3 Å². The summed E-state index contributed by atoms with van der Waals surface area (Å²) in [5.74, 6) is 0.525. The van der Waals surface area contributed by atoms with Crippen LogP contribution in [0.1, 0.15) is 76.3 Å². The summed E-state index contributed by atoms with van der Waals surface area (Å²) >= 11 is 1.74. The van der Waals surface area contributed by atoms with Crippen molar-refractivity contribution in [3.05, 3.63) is 16.1 Å². The molecule has 1 aliphatic carbocycles. The highest BCUT2D eigenvalue weighted by Gasteiger charge is 2.44. The fraction of sp³-hybridized carbons (Fsp3) is 0.792. The number of hydrogen-bond donors (Lipinski definition) is 4. The molecule has 1 unspecified atom stereocenters. The molecule has 4 N–H and O–H groups in total. The molecule has 3 rings (SSSR count). The Kier molecular flexibility index (Phi) is 8.53. The third-order valence-corrected chi connectivity index (χ3v) is 8.04. The van der Waals surface area contributed by atoms with Crippen LogP contribution in [0.5, 0.6) is 0 Å². The number of likely N-dealkylation sites (tertiary alicyclic amines) is 1. The number of β-amino-alcohol motifs (C(OH)–C–C–N with tert-alkyl or cyclic N) is 1. The van der Waals surface area contributed by atoms with Gasteiger partial charge in [-0.1, -0.05) is 20.8 Å². The number of nitrogens with zero attached hydrogens (tertiary/aromatic N) is 2. The number of aliphatic hydroxyl groups is 2. The molecule has 8 nitrogen and oxygen atoms in total. The topological polar surface area (TPSA) is 115 Å². The summed E-state index contributed by atoms with van der Waals surface area (Å²) in [5.41, 5.74) is 2.60. The molecule has 1 aromatic rings. The highest BCUT2D eigenvalue weighted by molar-refractivity contribution is 7.09. The van der Waals surface area contributed by atoms with Crippen molar-refractivity contribution >= 4 is 23.2 Å². The molecule has 4 atom stereocenters. The van der Waals surface area contributed by atoms with E-state index in [0.29, 0.717) is 18.4 Å². The number of hydrogen-bond acceptors (Lipinski definition) is 7. The number of rotatable bonds is 7. The maximum Gasteiger partial charge on any atom is 0.242 e. The van der Waals surface area contributed by atoms with Crippen molar-refractivity contribution in [1.29, 1.82) is 0 Å². The predicted molar refractivity (Wildman–Crippen MR) is 129 cm³/mol. The van der Waals surface area contributed by atoms with Crippen molar-refractivity contribution in [3.8, 4) is 0 Å². The van der Waals surface area contributed by atoms with E-state index >= 15 is 0 Å². The van der Waals surface area contributed by atoms with Gasteiger partial charge in [0.2, 0.25) is 11.8 Å². The molecule has 186 valence electrons. The lowest BCUT2D eigenvalue weighted by atomic mass is 9.81. The Morgan fingerprint density at radius 1 is 1.27 bits per heavy atom. The van der Waals surface area contributed by atoms with E-state index in [9.17, 15) is 19.8 Å². The minimum atomic E-state index is -0.859. The van der Waals surface area contributed by atoms with Crippen molar-refractivity contribution in [1.82, 2.24) is 20.5 Å². The molecule has 1 aromatic heterocycles. The molecule has 2 fully saturated rings. The predicted octanol–water partition coefficient (Wildman–Crippen LogP) is 2.15. The minimum absolute atomic E-state index is 0.129. The van der Waals surface area contributed by atoms with Crippen molar-refractivity contribution < 1.29 is 19.8 Å². The number of aliphatic hydroxyl groups excluding tert-OH is 2. The Bertz CT molecular complexity index is 814. The first-order valence-corrected chi connectivity index (χ1v) is 13.0. The Hall–Kier alpha value is -1.55. The molecule has 2 aliphatic rings. The summed E-state index contributed by atoms with van der Waals surface area (Å²) in [6.45, 7) is 10.1. The zero-order valence-corrected chi connectivity index (χ0v) is 21.3. The Labute approximate surface area is 201 Å². The summed E-state index contributed by atoms with van der Waals surface area (Å²) in [4.78, 5) is 33.6. The second kappa shape index (κ2) is 10.8. The molecular formula is C24H40N4O4S. The maximum atomic E-state index is 13.3. The van der Waals surface area contributed by atoms with Crippen LogP contribution in [0.2, 0.25) is 0 Å². The number of aryl methyl sites for hydroxylation is 1. The van der Waals surface area contributed by atoms with E-state index in [0.717, 1.165) is 31.4 Å². The third kappa shape index (κ3) is 6.53. The molecule has 33 heavy (non-hydrogen) atoms. The van der Waals surface area contributed by atoms with E-state index in [1.165, 1.54) is 9.78 Å². The smallest absolute Gasteiger partial charge is 0.242 e. The summed E-state index contributed by atoms with van der Waals surface area (Å²) in [5, 5.41) is 26.0. The first-order valence-electron chi connectivity index (χ1n) is 12.1. The number of carbonyl (C=O) groups is 2. The van der Waals surface area contributed by atoms with Gasteiger partial charge in [0.1, 0.15) is 12.3 Å². The van der Waals surface area contributed by atoms with Crippen LogP contribution in [0.3, 0.4) is 0 Å². The van der Waals surface area contributed by atoms with Gasteiger partial charge in [-0.2, -0.15) is 0 Å². The molecule has 0 bridgehead atoms. The van der Waals surface area contributed by atoms with E-state index in [1.54, 1.807) is 18.3 Å². The number of amides is 2. The van der Waals surface area contributed by atoms with Gasteiger partial charge >= 0.3 is 0 Å². The van der Waals surface area contributed by atoms with Crippen LogP contribution in [0.4, 0.5) is 0 Å². The van der Waals surface area contributed by atoms with Gasteiger partial charge in [-0.25, -0.2) is 4.98 Å². The van der Waals surface area contributed by atoms with Gasteiger partial charge in [0.15, 0.2) is 0 Å². The summed E-state index contributed by atoms with van der Waals surface area (Å²) in [6, 6.07) is -1.35. The van der Waals surface area contributed by atoms with Crippen LogP contribution in [0, 0.1) is 18.3 Å². The van der Waals surface area contributed by atoms with Crippen LogP contribution in [-0.2, 0) is 9.59 Å². The first-order chi connectivity index (χ1) is 15.5. The van der Waals surface area contributed by atoms with Gasteiger partial charge in [-0.15, -0.1) is 11.3 Å². The fourth-order valence-corrected chi connectivity index (χ4v) is 6.07. The van der Waals surface area contributed by atoms with Crippen molar-refractivity contribution in [2.24, 2.45) is 11.3 Å². The Morgan fingerprint density at radius 2 is 1.94 bits per heavy atom. The van der Waals surface area contributed by atoms with E-state index in [-0.39, 0.29) is 24.8 Å². The Morgan fingerprint density at radius 3 is 2.48 bits per heavy atom. The van der Waals surface area contributed by atoms with Gasteiger partial charge in [-0.3, -0.25) is 14.9 Å².